The Morgan fingerprint density at radius 3 is 2.75 bits per heavy atom. The standard InChI is InChI=1S/C31H40N4O5/c1-2-3-13-33(15-12-32)29(37)20-34-19-24(21-8-9-27-23(17-21)11-16-40-27)30(31(38)39)26(34)10-14-35-25-7-5-4-6-22(25)18-28(35)36/h4-9,17,24,26,30H,2-3,10-16,18-20,32H2,1H3,(H,38,39)/t24-,26+,30?/m1/s1. The van der Waals surface area contributed by atoms with E-state index in [1.165, 1.54) is 0 Å². The number of rotatable bonds is 12. The lowest BCUT2D eigenvalue weighted by atomic mass is 9.83. The molecule has 0 bridgehead atoms. The average molecular weight is 549 g/mol. The van der Waals surface area contributed by atoms with Gasteiger partial charge in [0.25, 0.3) is 0 Å². The van der Waals surface area contributed by atoms with Gasteiger partial charge >= 0.3 is 5.97 Å². The number of carboxylic acid groups (broad SMARTS) is 1. The fourth-order valence-electron chi connectivity index (χ4n) is 6.59. The molecule has 1 unspecified atom stereocenters. The van der Waals surface area contributed by atoms with Gasteiger partial charge in [0, 0.05) is 56.8 Å². The number of hydrogen-bond donors (Lipinski definition) is 2. The summed E-state index contributed by atoms with van der Waals surface area (Å²) in [7, 11) is 0. The van der Waals surface area contributed by atoms with Crippen molar-refractivity contribution < 1.29 is 24.2 Å². The summed E-state index contributed by atoms with van der Waals surface area (Å²) in [5.41, 5.74) is 9.76. The maximum absolute atomic E-state index is 13.5. The summed E-state index contributed by atoms with van der Waals surface area (Å²) in [6.45, 7) is 5.22. The number of nitrogens with zero attached hydrogens (tertiary/aromatic N) is 3. The third kappa shape index (κ3) is 5.71. The largest absolute Gasteiger partial charge is 0.493 e. The number of aliphatic carboxylic acids is 1. The maximum atomic E-state index is 13.5. The second kappa shape index (κ2) is 12.4. The minimum atomic E-state index is -0.875. The minimum Gasteiger partial charge on any atom is -0.493 e. The van der Waals surface area contributed by atoms with Crippen LogP contribution in [-0.4, -0.2) is 84.6 Å². The Balaban J connectivity index is 1.42. The third-order valence-electron chi connectivity index (χ3n) is 8.62. The molecule has 9 heteroatoms. The van der Waals surface area contributed by atoms with Crippen molar-refractivity contribution >= 4 is 23.5 Å². The Morgan fingerprint density at radius 2 is 1.98 bits per heavy atom. The molecule has 0 aromatic heterocycles. The van der Waals surface area contributed by atoms with Gasteiger partial charge in [-0.05, 0) is 41.7 Å². The van der Waals surface area contributed by atoms with E-state index in [2.05, 4.69) is 13.0 Å². The van der Waals surface area contributed by atoms with E-state index < -0.39 is 17.9 Å². The topological polar surface area (TPSA) is 116 Å². The molecule has 3 aliphatic heterocycles. The van der Waals surface area contributed by atoms with Crippen LogP contribution in [0.1, 0.15) is 48.8 Å². The molecule has 2 aromatic rings. The molecule has 1 fully saturated rings. The molecule has 0 radical (unpaired) electrons. The zero-order chi connectivity index (χ0) is 28.2. The molecule has 3 aliphatic rings. The first-order valence-electron chi connectivity index (χ1n) is 14.5. The summed E-state index contributed by atoms with van der Waals surface area (Å²) < 4.78 is 5.68. The first kappa shape index (κ1) is 28.1. The van der Waals surface area contributed by atoms with Crippen molar-refractivity contribution in [2.24, 2.45) is 11.7 Å². The Morgan fingerprint density at radius 1 is 1.15 bits per heavy atom. The van der Waals surface area contributed by atoms with Gasteiger partial charge in [0.1, 0.15) is 5.75 Å². The highest BCUT2D eigenvalue weighted by Crippen LogP contribution is 2.41. The molecule has 214 valence electrons. The van der Waals surface area contributed by atoms with Crippen LogP contribution in [0.15, 0.2) is 42.5 Å². The number of carboxylic acids is 1. The van der Waals surface area contributed by atoms with Crippen LogP contribution in [0.25, 0.3) is 0 Å². The number of anilines is 1. The second-order valence-corrected chi connectivity index (χ2v) is 11.1. The molecule has 9 nitrogen and oxygen atoms in total. The molecule has 3 heterocycles. The number of unbranched alkanes of at least 4 members (excludes halogenated alkanes) is 1. The Bertz CT molecular complexity index is 1250. The third-order valence-corrected chi connectivity index (χ3v) is 8.62. The Labute approximate surface area is 235 Å². The van der Waals surface area contributed by atoms with E-state index >= 15 is 0 Å². The van der Waals surface area contributed by atoms with Crippen molar-refractivity contribution in [3.63, 3.8) is 0 Å². The molecule has 0 aliphatic carbocycles. The van der Waals surface area contributed by atoms with Crippen LogP contribution >= 0.6 is 0 Å². The van der Waals surface area contributed by atoms with Gasteiger partial charge < -0.3 is 25.4 Å². The highest BCUT2D eigenvalue weighted by atomic mass is 16.5. The average Bonchev–Trinajstić information content (AvgIpc) is 3.64. The van der Waals surface area contributed by atoms with E-state index in [9.17, 15) is 19.5 Å². The van der Waals surface area contributed by atoms with Gasteiger partial charge in [-0.3, -0.25) is 19.3 Å². The molecule has 5 rings (SSSR count). The highest BCUT2D eigenvalue weighted by molar-refractivity contribution is 6.01. The number of carbonyl (C=O) groups is 3. The maximum Gasteiger partial charge on any atom is 0.308 e. The van der Waals surface area contributed by atoms with Crippen molar-refractivity contribution in [1.82, 2.24) is 9.80 Å². The number of carbonyl (C=O) groups excluding carboxylic acids is 2. The predicted molar refractivity (Wildman–Crippen MR) is 153 cm³/mol. The van der Waals surface area contributed by atoms with Crippen molar-refractivity contribution in [3.8, 4) is 5.75 Å². The van der Waals surface area contributed by atoms with Gasteiger partial charge in [-0.1, -0.05) is 43.7 Å². The van der Waals surface area contributed by atoms with Gasteiger partial charge in [-0.25, -0.2) is 0 Å². The summed E-state index contributed by atoms with van der Waals surface area (Å²) in [4.78, 5) is 44.8. The van der Waals surface area contributed by atoms with E-state index in [4.69, 9.17) is 10.5 Å². The molecule has 3 atom stereocenters. The number of hydrogen-bond acceptors (Lipinski definition) is 6. The first-order chi connectivity index (χ1) is 19.4. The van der Waals surface area contributed by atoms with Gasteiger partial charge in [-0.15, -0.1) is 0 Å². The van der Waals surface area contributed by atoms with Gasteiger partial charge in [-0.2, -0.15) is 0 Å². The van der Waals surface area contributed by atoms with Crippen molar-refractivity contribution in [2.75, 3.05) is 50.8 Å². The van der Waals surface area contributed by atoms with E-state index in [1.807, 2.05) is 41.3 Å². The van der Waals surface area contributed by atoms with E-state index in [1.54, 1.807) is 9.80 Å². The smallest absolute Gasteiger partial charge is 0.308 e. The van der Waals surface area contributed by atoms with E-state index in [0.29, 0.717) is 52.2 Å². The van der Waals surface area contributed by atoms with Crippen LogP contribution in [0.4, 0.5) is 5.69 Å². The summed E-state index contributed by atoms with van der Waals surface area (Å²) in [6, 6.07) is 13.3. The lowest BCUT2D eigenvalue weighted by Gasteiger charge is -2.30. The van der Waals surface area contributed by atoms with Crippen LogP contribution in [-0.2, 0) is 27.2 Å². The summed E-state index contributed by atoms with van der Waals surface area (Å²) in [5.74, 6) is -1.01. The Hall–Kier alpha value is -3.43. The van der Waals surface area contributed by atoms with Gasteiger partial charge in [0.15, 0.2) is 0 Å². The number of para-hydroxylation sites is 1. The van der Waals surface area contributed by atoms with Crippen molar-refractivity contribution in [1.29, 1.82) is 0 Å². The number of amides is 2. The Kier molecular flexibility index (Phi) is 8.71. The lowest BCUT2D eigenvalue weighted by molar-refractivity contribution is -0.143. The van der Waals surface area contributed by atoms with Crippen molar-refractivity contribution in [3.05, 3.63) is 59.2 Å². The van der Waals surface area contributed by atoms with Crippen LogP contribution in [0.2, 0.25) is 0 Å². The fourth-order valence-corrected chi connectivity index (χ4v) is 6.59. The predicted octanol–water partition coefficient (Wildman–Crippen LogP) is 2.66. The lowest BCUT2D eigenvalue weighted by Crippen LogP contribution is -2.46. The number of likely N-dealkylation sites (tertiary alicyclic amines) is 1. The summed E-state index contributed by atoms with van der Waals surface area (Å²) >= 11 is 0. The first-order valence-corrected chi connectivity index (χ1v) is 14.5. The SMILES string of the molecule is CCCCN(CCN)C(=O)CN1C[C@H](c2ccc3c(c2)CCO3)C(C(=O)O)[C@@H]1CCN1C(=O)Cc2ccccc21. The molecule has 0 spiro atoms. The van der Waals surface area contributed by atoms with Gasteiger partial charge in [0.05, 0.1) is 25.5 Å². The number of nitrogens with two attached hydrogens (primary N) is 1. The van der Waals surface area contributed by atoms with E-state index in [0.717, 1.165) is 47.4 Å². The van der Waals surface area contributed by atoms with Gasteiger partial charge in [0.2, 0.25) is 11.8 Å². The quantitative estimate of drug-likeness (QED) is 0.419. The fraction of sp³-hybridized carbons (Fsp3) is 0.516. The zero-order valence-electron chi connectivity index (χ0n) is 23.3. The van der Waals surface area contributed by atoms with E-state index in [-0.39, 0.29) is 24.3 Å². The molecular weight excluding hydrogens is 508 g/mol. The normalized spacial score (nSPS) is 21.8. The molecular formula is C31H40N4O5. The molecule has 40 heavy (non-hydrogen) atoms. The molecule has 2 aromatic carbocycles. The number of benzene rings is 2. The van der Waals surface area contributed by atoms with Crippen LogP contribution in [0.5, 0.6) is 5.75 Å². The number of ether oxygens (including phenoxy) is 1. The van der Waals surface area contributed by atoms with Crippen LogP contribution in [0.3, 0.4) is 0 Å². The molecule has 3 N–H and O–H groups in total. The van der Waals surface area contributed by atoms with Crippen molar-refractivity contribution in [2.45, 2.75) is 51.0 Å². The highest BCUT2D eigenvalue weighted by Gasteiger charge is 2.47. The summed E-state index contributed by atoms with van der Waals surface area (Å²) in [6.07, 6.45) is 3.49. The number of fused-ring (bicyclic) bond motifs is 2. The van der Waals surface area contributed by atoms with Crippen LogP contribution < -0.4 is 15.4 Å². The zero-order valence-corrected chi connectivity index (χ0v) is 23.3. The minimum absolute atomic E-state index is 0.0255. The molecule has 0 saturated carbocycles. The molecule has 1 saturated heterocycles. The van der Waals surface area contributed by atoms with Crippen LogP contribution in [0, 0.1) is 5.92 Å². The second-order valence-electron chi connectivity index (χ2n) is 11.1. The molecule has 2 amide bonds. The summed E-state index contributed by atoms with van der Waals surface area (Å²) in [5, 5.41) is 10.5. The monoisotopic (exact) mass is 548 g/mol.